The molecule has 20 heteroatoms. The zero-order valence-electron chi connectivity index (χ0n) is 14.8. The highest BCUT2D eigenvalue weighted by molar-refractivity contribution is 8.55. The SMILES string of the molecule is Nc1ncnc2c1ncn2[C@@H]1O[C@H](COP(=O)(O)OP(=O)(O)SC(F)(F)F)C(O)[C@@H]1O. The number of ether oxygens (including phenoxy) is 1. The average Bonchev–Trinajstić information content (AvgIpc) is 3.13. The molecule has 3 heterocycles. The molecule has 0 saturated carbocycles. The molecule has 3 rings (SSSR count). The largest absolute Gasteiger partial charge is 0.480 e. The second-order valence-electron chi connectivity index (χ2n) is 5.98. The van der Waals surface area contributed by atoms with E-state index >= 15 is 0 Å². The van der Waals surface area contributed by atoms with Gasteiger partial charge in [-0.2, -0.15) is 17.5 Å². The quantitative estimate of drug-likeness (QED) is 0.321. The predicted octanol–water partition coefficient (Wildman–Crippen LogP) is 0.515. The molecule has 6 atom stereocenters. The minimum atomic E-state index is -5.65. The molecule has 3 unspecified atom stereocenters. The van der Waals surface area contributed by atoms with Crippen LogP contribution in [-0.4, -0.2) is 69.9 Å². The van der Waals surface area contributed by atoms with Crippen LogP contribution in [0.1, 0.15) is 6.23 Å². The van der Waals surface area contributed by atoms with Gasteiger partial charge in [-0.3, -0.25) is 9.09 Å². The molecule has 0 amide bonds. The Morgan fingerprint density at radius 3 is 2.55 bits per heavy atom. The molecule has 2 aromatic heterocycles. The van der Waals surface area contributed by atoms with Crippen LogP contribution in [0.25, 0.3) is 11.2 Å². The Morgan fingerprint density at radius 1 is 1.23 bits per heavy atom. The van der Waals surface area contributed by atoms with E-state index in [1.165, 1.54) is 10.9 Å². The van der Waals surface area contributed by atoms with E-state index in [9.17, 15) is 37.4 Å². The van der Waals surface area contributed by atoms with Crippen LogP contribution in [0.2, 0.25) is 0 Å². The first-order chi connectivity index (χ1) is 14.2. The maximum atomic E-state index is 12.2. The normalized spacial score (nSPS) is 28.5. The average molecular weight is 511 g/mol. The number of hydrogen-bond acceptors (Lipinski definition) is 12. The zero-order valence-corrected chi connectivity index (χ0v) is 17.4. The summed E-state index contributed by atoms with van der Waals surface area (Å²) in [7, 11) is -5.49. The second kappa shape index (κ2) is 8.55. The van der Waals surface area contributed by atoms with E-state index in [4.69, 9.17) is 15.4 Å². The molecule has 1 aliphatic heterocycles. The lowest BCUT2D eigenvalue weighted by Crippen LogP contribution is -2.33. The van der Waals surface area contributed by atoms with Crippen LogP contribution in [0.5, 0.6) is 0 Å². The van der Waals surface area contributed by atoms with Gasteiger partial charge in [0.15, 0.2) is 17.7 Å². The van der Waals surface area contributed by atoms with Gasteiger partial charge in [-0.15, -0.1) is 0 Å². The summed E-state index contributed by atoms with van der Waals surface area (Å²) in [5.41, 5.74) is 0.724. The van der Waals surface area contributed by atoms with Gasteiger partial charge in [0.2, 0.25) is 0 Å². The molecule has 14 nitrogen and oxygen atoms in total. The molecule has 6 N–H and O–H groups in total. The van der Waals surface area contributed by atoms with Crippen molar-refractivity contribution in [2.24, 2.45) is 0 Å². The molecular weight excluding hydrogens is 497 g/mol. The summed E-state index contributed by atoms with van der Waals surface area (Å²) in [6.45, 7) is -6.64. The number of hydrogen-bond donors (Lipinski definition) is 5. The fraction of sp³-hybridized carbons (Fsp3) is 0.545. The van der Waals surface area contributed by atoms with E-state index in [1.54, 1.807) is 0 Å². The van der Waals surface area contributed by atoms with Gasteiger partial charge in [0, 0.05) is 0 Å². The van der Waals surface area contributed by atoms with Crippen molar-refractivity contribution in [2.75, 3.05) is 12.3 Å². The maximum Gasteiger partial charge on any atom is 0.480 e. The first-order valence-corrected chi connectivity index (χ1v) is 12.4. The molecule has 1 saturated heterocycles. The first kappa shape index (κ1) is 24.3. The summed E-state index contributed by atoms with van der Waals surface area (Å²) in [6.07, 6.45) is -3.84. The number of fused-ring (bicyclic) bond motifs is 1. The van der Waals surface area contributed by atoms with Gasteiger partial charge in [0.05, 0.1) is 24.3 Å². The Kier molecular flexibility index (Phi) is 6.71. The third-order valence-electron chi connectivity index (χ3n) is 3.83. The summed E-state index contributed by atoms with van der Waals surface area (Å²) in [4.78, 5) is 30.1. The monoisotopic (exact) mass is 511 g/mol. The Labute approximate surface area is 174 Å². The molecule has 2 aromatic rings. The summed E-state index contributed by atoms with van der Waals surface area (Å²) in [6, 6.07) is 0. The third kappa shape index (κ3) is 5.73. The van der Waals surface area contributed by atoms with Gasteiger partial charge < -0.3 is 30.5 Å². The smallest absolute Gasteiger partial charge is 0.387 e. The number of nitrogens with two attached hydrogens (primary N) is 1. The number of nitrogens with zero attached hydrogens (tertiary/aromatic N) is 4. The molecule has 0 aromatic carbocycles. The van der Waals surface area contributed by atoms with Gasteiger partial charge in [0.25, 0.3) is 0 Å². The van der Waals surface area contributed by atoms with Crippen molar-refractivity contribution in [2.45, 2.75) is 30.0 Å². The van der Waals surface area contributed by atoms with Crippen molar-refractivity contribution in [1.82, 2.24) is 19.5 Å². The van der Waals surface area contributed by atoms with E-state index in [0.717, 1.165) is 6.33 Å². The topological polar surface area (TPSA) is 212 Å². The summed E-state index contributed by atoms with van der Waals surface area (Å²) in [5, 5.41) is 20.4. The van der Waals surface area contributed by atoms with Crippen LogP contribution in [0, 0.1) is 0 Å². The fourth-order valence-electron chi connectivity index (χ4n) is 2.62. The predicted molar refractivity (Wildman–Crippen MR) is 96.0 cm³/mol. The minimum Gasteiger partial charge on any atom is -0.387 e. The van der Waals surface area contributed by atoms with Crippen molar-refractivity contribution in [3.05, 3.63) is 12.7 Å². The number of rotatable bonds is 7. The van der Waals surface area contributed by atoms with Crippen LogP contribution in [0.4, 0.5) is 19.0 Å². The van der Waals surface area contributed by atoms with E-state index in [-0.39, 0.29) is 17.0 Å². The Morgan fingerprint density at radius 2 is 1.90 bits per heavy atom. The number of nitrogen functional groups attached to an aromatic ring is 1. The molecule has 1 fully saturated rings. The van der Waals surface area contributed by atoms with Crippen LogP contribution in [0.3, 0.4) is 0 Å². The second-order valence-corrected chi connectivity index (χ2v) is 11.3. The number of anilines is 1. The number of aromatic nitrogens is 4. The Bertz CT molecular complexity index is 1060. The van der Waals surface area contributed by atoms with Crippen LogP contribution >= 0.6 is 26.0 Å². The summed E-state index contributed by atoms with van der Waals surface area (Å²) < 4.78 is 74.3. The van der Waals surface area contributed by atoms with Crippen molar-refractivity contribution in [3.8, 4) is 0 Å². The highest BCUT2D eigenvalue weighted by atomic mass is 32.7. The van der Waals surface area contributed by atoms with E-state index in [1.807, 2.05) is 0 Å². The molecule has 0 radical (unpaired) electrons. The van der Waals surface area contributed by atoms with Gasteiger partial charge in [-0.1, -0.05) is 0 Å². The number of phosphoric ester groups is 1. The molecule has 31 heavy (non-hydrogen) atoms. The van der Waals surface area contributed by atoms with Gasteiger partial charge >= 0.3 is 20.1 Å². The Balaban J connectivity index is 1.68. The van der Waals surface area contributed by atoms with Gasteiger partial charge in [-0.25, -0.2) is 24.1 Å². The highest BCUT2D eigenvalue weighted by Crippen LogP contribution is 2.70. The van der Waals surface area contributed by atoms with Crippen LogP contribution in [-0.2, 0) is 22.7 Å². The minimum absolute atomic E-state index is 0.0280. The van der Waals surface area contributed by atoms with Crippen molar-refractivity contribution in [3.63, 3.8) is 0 Å². The van der Waals surface area contributed by atoms with E-state index < -0.39 is 62.7 Å². The van der Waals surface area contributed by atoms with E-state index in [0.29, 0.717) is 0 Å². The highest BCUT2D eigenvalue weighted by Gasteiger charge is 2.48. The van der Waals surface area contributed by atoms with Crippen molar-refractivity contribution >= 4 is 43.0 Å². The van der Waals surface area contributed by atoms with Crippen LogP contribution < -0.4 is 5.73 Å². The fourth-order valence-corrected chi connectivity index (χ4v) is 6.43. The number of halogens is 3. The lowest BCUT2D eigenvalue weighted by atomic mass is 10.1. The molecule has 0 bridgehead atoms. The number of aliphatic hydroxyl groups is 2. The lowest BCUT2D eigenvalue weighted by Gasteiger charge is -2.19. The Hall–Kier alpha value is -1.33. The number of imidazole rings is 1. The molecule has 0 aliphatic carbocycles. The van der Waals surface area contributed by atoms with Crippen molar-refractivity contribution in [1.29, 1.82) is 0 Å². The van der Waals surface area contributed by atoms with Gasteiger partial charge in [-0.05, 0) is 0 Å². The van der Waals surface area contributed by atoms with Crippen molar-refractivity contribution < 1.29 is 55.9 Å². The van der Waals surface area contributed by atoms with Crippen LogP contribution in [0.15, 0.2) is 12.7 Å². The van der Waals surface area contributed by atoms with E-state index in [2.05, 4.69) is 23.8 Å². The van der Waals surface area contributed by atoms with Gasteiger partial charge in [0.1, 0.15) is 30.2 Å². The standard InChI is InChI=1S/C11H14F3N5O9P2S/c12-11(13,14)31-30(24,25)28-29(22,23)26-1-4-6(20)7(21)10(27-4)19-3-18-5-8(15)16-2-17-9(5)19/h2-4,6-7,10,20-21H,1H2,(H,22,23)(H,24,25)(H2,15,16,17)/t4-,6?,7+,10-/m1/s1. The number of aliphatic hydroxyl groups excluding tert-OH is 2. The number of alkyl halides is 3. The number of phosphoric acid groups is 1. The summed E-state index contributed by atoms with van der Waals surface area (Å²) >= 11 is -1.53. The summed E-state index contributed by atoms with van der Waals surface area (Å²) in [5.74, 6) is 0.0280. The molecule has 174 valence electrons. The maximum absolute atomic E-state index is 12.2. The molecule has 0 spiro atoms. The molecular formula is C11H14F3N5O9P2S. The first-order valence-electron chi connectivity index (χ1n) is 7.93. The molecule has 1 aliphatic rings. The lowest BCUT2D eigenvalue weighted by molar-refractivity contribution is -0.0501. The zero-order chi connectivity index (χ0) is 23.2. The third-order valence-corrected chi connectivity index (χ3v) is 8.30.